The molecule has 0 saturated carbocycles. The second kappa shape index (κ2) is 4.89. The number of alkyl halides is 1. The van der Waals surface area contributed by atoms with Gasteiger partial charge < -0.3 is 9.47 Å². The quantitative estimate of drug-likeness (QED) is 0.436. The van der Waals surface area contributed by atoms with E-state index in [0.29, 0.717) is 11.1 Å². The van der Waals surface area contributed by atoms with Crippen molar-refractivity contribution in [2.24, 2.45) is 11.8 Å². The zero-order valence-corrected chi connectivity index (χ0v) is 12.5. The summed E-state index contributed by atoms with van der Waals surface area (Å²) in [6, 6.07) is 7.00. The standard InChI is InChI=1S/C16H11ClO6/c17-13-10(8-5-9(18)22-14(8)19)6-3-1-2-4-7(6)11-12(13)16(21)23-15(11)20/h1-4,8,10-13H,5H2. The maximum absolute atomic E-state index is 12.0. The van der Waals surface area contributed by atoms with Crippen molar-refractivity contribution in [3.8, 4) is 0 Å². The Morgan fingerprint density at radius 1 is 0.870 bits per heavy atom. The lowest BCUT2D eigenvalue weighted by Gasteiger charge is -2.36. The van der Waals surface area contributed by atoms with Crippen LogP contribution in [0.25, 0.3) is 0 Å². The number of cyclic esters (lactones) is 4. The second-order valence-electron chi connectivity index (χ2n) is 5.95. The van der Waals surface area contributed by atoms with Crippen molar-refractivity contribution < 1.29 is 28.7 Å². The molecule has 2 aliphatic heterocycles. The molecule has 0 aromatic heterocycles. The molecule has 23 heavy (non-hydrogen) atoms. The molecule has 1 aromatic carbocycles. The van der Waals surface area contributed by atoms with Gasteiger partial charge in [-0.1, -0.05) is 24.3 Å². The zero-order chi connectivity index (χ0) is 16.3. The predicted molar refractivity (Wildman–Crippen MR) is 75.4 cm³/mol. The molecule has 0 amide bonds. The Hall–Kier alpha value is -2.21. The molecule has 2 saturated heterocycles. The van der Waals surface area contributed by atoms with Gasteiger partial charge in [0.2, 0.25) is 0 Å². The van der Waals surface area contributed by atoms with Crippen molar-refractivity contribution in [2.45, 2.75) is 23.6 Å². The van der Waals surface area contributed by atoms with Gasteiger partial charge in [0.05, 0.1) is 29.6 Å². The summed E-state index contributed by atoms with van der Waals surface area (Å²) in [5, 5.41) is -0.822. The molecule has 2 heterocycles. The first kappa shape index (κ1) is 14.4. The number of carbonyl (C=O) groups excluding carboxylic acids is 4. The van der Waals surface area contributed by atoms with E-state index < -0.39 is 52.9 Å². The van der Waals surface area contributed by atoms with Gasteiger partial charge in [-0.05, 0) is 11.1 Å². The highest BCUT2D eigenvalue weighted by molar-refractivity contribution is 6.24. The maximum Gasteiger partial charge on any atom is 0.322 e. The summed E-state index contributed by atoms with van der Waals surface area (Å²) in [6.45, 7) is 0. The van der Waals surface area contributed by atoms with Crippen LogP contribution in [0.2, 0.25) is 0 Å². The van der Waals surface area contributed by atoms with Crippen LogP contribution in [0.5, 0.6) is 0 Å². The molecule has 0 spiro atoms. The SMILES string of the molecule is O=C1CC(C2c3ccccc3C3C(=O)OC(=O)C3C2Cl)C(=O)O1. The summed E-state index contributed by atoms with van der Waals surface area (Å²) in [7, 11) is 0. The third kappa shape index (κ3) is 1.94. The molecule has 5 unspecified atom stereocenters. The molecule has 0 bridgehead atoms. The van der Waals surface area contributed by atoms with Gasteiger partial charge in [0.15, 0.2) is 0 Å². The molecule has 4 rings (SSSR count). The van der Waals surface area contributed by atoms with Crippen LogP contribution in [0.1, 0.15) is 29.4 Å². The molecule has 0 N–H and O–H groups in total. The summed E-state index contributed by atoms with van der Waals surface area (Å²) in [4.78, 5) is 47.5. The van der Waals surface area contributed by atoms with Gasteiger partial charge in [-0.15, -0.1) is 11.6 Å². The molecule has 6 nitrogen and oxygen atoms in total. The van der Waals surface area contributed by atoms with E-state index in [4.69, 9.17) is 16.3 Å². The largest absolute Gasteiger partial charge is 0.393 e. The smallest absolute Gasteiger partial charge is 0.322 e. The third-order valence-electron chi connectivity index (χ3n) is 4.80. The van der Waals surface area contributed by atoms with E-state index in [-0.39, 0.29) is 6.42 Å². The summed E-state index contributed by atoms with van der Waals surface area (Å²) in [6.07, 6.45) is -0.0819. The maximum atomic E-state index is 12.0. The number of hydrogen-bond acceptors (Lipinski definition) is 6. The molecular formula is C16H11ClO6. The summed E-state index contributed by atoms with van der Waals surface area (Å²) >= 11 is 6.49. The van der Waals surface area contributed by atoms with Crippen LogP contribution in [-0.4, -0.2) is 29.3 Å². The molecule has 3 aliphatic rings. The monoisotopic (exact) mass is 334 g/mol. The fourth-order valence-electron chi connectivity index (χ4n) is 3.84. The van der Waals surface area contributed by atoms with E-state index in [1.54, 1.807) is 24.3 Å². The molecule has 7 heteroatoms. The van der Waals surface area contributed by atoms with Crippen LogP contribution in [0, 0.1) is 11.8 Å². The normalized spacial score (nSPS) is 35.6. The lowest BCUT2D eigenvalue weighted by Crippen LogP contribution is -2.40. The lowest BCUT2D eigenvalue weighted by molar-refractivity contribution is -0.155. The fourth-order valence-corrected chi connectivity index (χ4v) is 4.40. The molecule has 0 radical (unpaired) electrons. The van der Waals surface area contributed by atoms with Gasteiger partial charge in [-0.3, -0.25) is 19.2 Å². The molecule has 5 atom stereocenters. The van der Waals surface area contributed by atoms with Crippen molar-refractivity contribution in [3.05, 3.63) is 35.4 Å². The number of hydrogen-bond donors (Lipinski definition) is 0. The third-order valence-corrected chi connectivity index (χ3v) is 5.34. The van der Waals surface area contributed by atoms with Crippen LogP contribution in [0.4, 0.5) is 0 Å². The van der Waals surface area contributed by atoms with E-state index in [1.807, 2.05) is 0 Å². The summed E-state index contributed by atoms with van der Waals surface area (Å²) in [5.74, 6) is -5.50. The van der Waals surface area contributed by atoms with Crippen molar-refractivity contribution in [2.75, 3.05) is 0 Å². The number of halogens is 1. The summed E-state index contributed by atoms with van der Waals surface area (Å²) in [5.41, 5.74) is 1.32. The van der Waals surface area contributed by atoms with Crippen LogP contribution in [-0.2, 0) is 28.7 Å². The van der Waals surface area contributed by atoms with Crippen LogP contribution >= 0.6 is 11.6 Å². The van der Waals surface area contributed by atoms with Gasteiger partial charge in [0.1, 0.15) is 0 Å². The van der Waals surface area contributed by atoms with Gasteiger partial charge in [-0.25, -0.2) is 0 Å². The molecule has 1 aromatic rings. The first-order chi connectivity index (χ1) is 11.0. The fraction of sp³-hybridized carbons (Fsp3) is 0.375. The number of esters is 4. The van der Waals surface area contributed by atoms with Gasteiger partial charge >= 0.3 is 23.9 Å². The van der Waals surface area contributed by atoms with Crippen LogP contribution < -0.4 is 0 Å². The molecule has 1 aliphatic carbocycles. The van der Waals surface area contributed by atoms with Crippen LogP contribution in [0.3, 0.4) is 0 Å². The first-order valence-corrected chi connectivity index (χ1v) is 7.65. The Kier molecular flexibility index (Phi) is 3.06. The Morgan fingerprint density at radius 3 is 2.22 bits per heavy atom. The average molecular weight is 335 g/mol. The predicted octanol–water partition coefficient (Wildman–Crippen LogP) is 1.26. The Morgan fingerprint density at radius 2 is 1.57 bits per heavy atom. The van der Waals surface area contributed by atoms with E-state index in [9.17, 15) is 19.2 Å². The Balaban J connectivity index is 1.87. The second-order valence-corrected chi connectivity index (χ2v) is 6.45. The highest BCUT2D eigenvalue weighted by Crippen LogP contribution is 2.52. The highest BCUT2D eigenvalue weighted by Gasteiger charge is 2.58. The number of rotatable bonds is 1. The van der Waals surface area contributed by atoms with E-state index in [2.05, 4.69) is 4.74 Å². The minimum absolute atomic E-state index is 0.0819. The number of fused-ring (bicyclic) bond motifs is 3. The van der Waals surface area contributed by atoms with E-state index >= 15 is 0 Å². The number of ether oxygens (including phenoxy) is 2. The molecular weight excluding hydrogens is 324 g/mol. The number of carbonyl (C=O) groups is 4. The lowest BCUT2D eigenvalue weighted by atomic mass is 9.66. The van der Waals surface area contributed by atoms with Crippen molar-refractivity contribution in [1.29, 1.82) is 0 Å². The zero-order valence-electron chi connectivity index (χ0n) is 11.7. The van der Waals surface area contributed by atoms with Crippen LogP contribution in [0.15, 0.2) is 24.3 Å². The van der Waals surface area contributed by atoms with E-state index in [0.717, 1.165) is 0 Å². The van der Waals surface area contributed by atoms with Gasteiger partial charge in [0.25, 0.3) is 0 Å². The van der Waals surface area contributed by atoms with Gasteiger partial charge in [-0.2, -0.15) is 0 Å². The van der Waals surface area contributed by atoms with Crippen molar-refractivity contribution in [3.63, 3.8) is 0 Å². The Labute approximate surface area is 135 Å². The van der Waals surface area contributed by atoms with Crippen molar-refractivity contribution in [1.82, 2.24) is 0 Å². The topological polar surface area (TPSA) is 86.7 Å². The van der Waals surface area contributed by atoms with Gasteiger partial charge in [0, 0.05) is 5.92 Å². The average Bonchev–Trinajstić information content (AvgIpc) is 2.99. The number of benzene rings is 1. The molecule has 2 fully saturated rings. The van der Waals surface area contributed by atoms with Crippen molar-refractivity contribution >= 4 is 35.5 Å². The first-order valence-electron chi connectivity index (χ1n) is 7.22. The highest BCUT2D eigenvalue weighted by atomic mass is 35.5. The van der Waals surface area contributed by atoms with E-state index in [1.165, 1.54) is 0 Å². The Bertz CT molecular complexity index is 757. The minimum Gasteiger partial charge on any atom is -0.393 e. The summed E-state index contributed by atoms with van der Waals surface area (Å²) < 4.78 is 9.38. The minimum atomic E-state index is -0.854. The molecule has 118 valence electrons.